The largest absolute Gasteiger partial charge is 0.490 e. The molecule has 6 nitrogen and oxygen atoms in total. The molecule has 0 spiro atoms. The molecular formula is C33H38F2N2O4. The highest BCUT2D eigenvalue weighted by Crippen LogP contribution is 2.42. The Morgan fingerprint density at radius 1 is 1.10 bits per heavy atom. The number of nitrogens with zero attached hydrogens (tertiary/aromatic N) is 2. The SMILES string of the molecule is Cc1nc(C=O)c(-c2ccc(OCCc3ccc(F)cc3)c(F)c2)c(N2CCC(C)(C)CC2)c1CC(=O)OC(C)C. The van der Waals surface area contributed by atoms with Gasteiger partial charge in [0.1, 0.15) is 11.5 Å². The summed E-state index contributed by atoms with van der Waals surface area (Å²) in [6.07, 6.45) is 2.74. The van der Waals surface area contributed by atoms with Crippen molar-refractivity contribution >= 4 is 17.9 Å². The molecule has 1 fully saturated rings. The second-order valence-corrected chi connectivity index (χ2v) is 11.6. The molecule has 41 heavy (non-hydrogen) atoms. The van der Waals surface area contributed by atoms with E-state index >= 15 is 4.39 Å². The van der Waals surface area contributed by atoms with E-state index in [-0.39, 0.29) is 47.8 Å². The summed E-state index contributed by atoms with van der Waals surface area (Å²) in [6.45, 7) is 11.5. The van der Waals surface area contributed by atoms with Gasteiger partial charge in [-0.25, -0.2) is 13.8 Å². The monoisotopic (exact) mass is 564 g/mol. The van der Waals surface area contributed by atoms with Crippen LogP contribution < -0.4 is 9.64 Å². The fraction of sp³-hybridized carbons (Fsp3) is 0.424. The predicted molar refractivity (Wildman–Crippen MR) is 156 cm³/mol. The first-order valence-corrected chi connectivity index (χ1v) is 14.1. The van der Waals surface area contributed by atoms with Crippen molar-refractivity contribution in [3.05, 3.63) is 76.6 Å². The number of halogens is 2. The Labute approximate surface area is 240 Å². The van der Waals surface area contributed by atoms with Crippen molar-refractivity contribution in [3.63, 3.8) is 0 Å². The Bertz CT molecular complexity index is 1390. The fourth-order valence-corrected chi connectivity index (χ4v) is 5.17. The molecule has 0 atom stereocenters. The normalized spacial score (nSPS) is 14.7. The third-order valence-corrected chi connectivity index (χ3v) is 7.52. The molecule has 1 aliphatic heterocycles. The topological polar surface area (TPSA) is 68.7 Å². The smallest absolute Gasteiger partial charge is 0.310 e. The first-order chi connectivity index (χ1) is 19.5. The van der Waals surface area contributed by atoms with Crippen molar-refractivity contribution in [1.29, 1.82) is 0 Å². The van der Waals surface area contributed by atoms with Crippen molar-refractivity contribution in [2.75, 3.05) is 24.6 Å². The number of aryl methyl sites for hydroxylation is 1. The van der Waals surface area contributed by atoms with Crippen LogP contribution in [0.3, 0.4) is 0 Å². The van der Waals surface area contributed by atoms with Gasteiger partial charge in [-0.3, -0.25) is 9.59 Å². The number of anilines is 1. The molecule has 4 rings (SSSR count). The molecule has 0 aliphatic carbocycles. The van der Waals surface area contributed by atoms with Gasteiger partial charge in [-0.1, -0.05) is 32.0 Å². The number of aromatic nitrogens is 1. The molecule has 3 aromatic rings. The van der Waals surface area contributed by atoms with E-state index in [2.05, 4.69) is 23.7 Å². The Kier molecular flexibility index (Phi) is 9.41. The van der Waals surface area contributed by atoms with Crippen LogP contribution >= 0.6 is 0 Å². The molecule has 8 heteroatoms. The first-order valence-electron chi connectivity index (χ1n) is 14.1. The number of aldehydes is 1. The van der Waals surface area contributed by atoms with Crippen LogP contribution in [-0.4, -0.2) is 43.0 Å². The average Bonchev–Trinajstić information content (AvgIpc) is 2.91. The van der Waals surface area contributed by atoms with Crippen LogP contribution in [0.15, 0.2) is 42.5 Å². The second-order valence-electron chi connectivity index (χ2n) is 11.6. The van der Waals surface area contributed by atoms with Gasteiger partial charge in [0.25, 0.3) is 0 Å². The number of ether oxygens (including phenoxy) is 2. The highest BCUT2D eigenvalue weighted by Gasteiger charge is 2.31. The minimum absolute atomic E-state index is 0.00849. The maximum Gasteiger partial charge on any atom is 0.310 e. The summed E-state index contributed by atoms with van der Waals surface area (Å²) in [6, 6.07) is 10.7. The zero-order valence-electron chi connectivity index (χ0n) is 24.4. The van der Waals surface area contributed by atoms with E-state index in [4.69, 9.17) is 9.47 Å². The molecule has 1 aromatic heterocycles. The molecule has 2 aromatic carbocycles. The lowest BCUT2D eigenvalue weighted by Crippen LogP contribution is -2.38. The zero-order valence-corrected chi connectivity index (χ0v) is 24.4. The third kappa shape index (κ3) is 7.48. The van der Waals surface area contributed by atoms with Crippen molar-refractivity contribution in [2.24, 2.45) is 5.41 Å². The van der Waals surface area contributed by atoms with E-state index in [1.807, 2.05) is 0 Å². The van der Waals surface area contributed by atoms with E-state index in [0.717, 1.165) is 37.2 Å². The summed E-state index contributed by atoms with van der Waals surface area (Å²) in [5.74, 6) is -1.20. The quantitative estimate of drug-likeness (QED) is 0.197. The number of benzene rings is 2. The summed E-state index contributed by atoms with van der Waals surface area (Å²) in [7, 11) is 0. The molecule has 2 heterocycles. The molecule has 1 aliphatic rings. The summed E-state index contributed by atoms with van der Waals surface area (Å²) in [5, 5.41) is 0. The molecule has 0 radical (unpaired) electrons. The number of rotatable bonds is 10. The van der Waals surface area contributed by atoms with E-state index in [1.54, 1.807) is 45.0 Å². The molecule has 0 saturated carbocycles. The molecule has 0 N–H and O–H groups in total. The highest BCUT2D eigenvalue weighted by molar-refractivity contribution is 5.95. The standard InChI is InChI=1S/C33H38F2N2O4/c1-21(2)41-30(39)19-26-22(3)36-28(20-38)31(32(26)37-15-13-33(4,5)14-16-37)24-8-11-29(27(35)18-24)40-17-12-23-6-9-25(34)10-7-23/h6-11,18,20-21H,12-17,19H2,1-5H3. The Hall–Kier alpha value is -3.81. The third-order valence-electron chi connectivity index (χ3n) is 7.52. The van der Waals surface area contributed by atoms with Gasteiger partial charge in [0.15, 0.2) is 17.9 Å². The Morgan fingerprint density at radius 2 is 1.78 bits per heavy atom. The number of esters is 1. The van der Waals surface area contributed by atoms with Crippen molar-refractivity contribution in [3.8, 4) is 16.9 Å². The van der Waals surface area contributed by atoms with Gasteiger partial charge >= 0.3 is 5.97 Å². The van der Waals surface area contributed by atoms with Crippen LogP contribution in [-0.2, 0) is 22.4 Å². The number of carbonyl (C=O) groups excluding carboxylic acids is 2. The van der Waals surface area contributed by atoms with Gasteiger partial charge in [-0.2, -0.15) is 0 Å². The molecule has 1 saturated heterocycles. The minimum Gasteiger partial charge on any atom is -0.490 e. The highest BCUT2D eigenvalue weighted by atomic mass is 19.1. The average molecular weight is 565 g/mol. The number of pyridine rings is 1. The van der Waals surface area contributed by atoms with Gasteiger partial charge in [-0.05, 0) is 74.4 Å². The van der Waals surface area contributed by atoms with Crippen LogP contribution in [0.2, 0.25) is 0 Å². The molecule has 0 unspecified atom stereocenters. The van der Waals surface area contributed by atoms with E-state index in [9.17, 15) is 14.0 Å². The van der Waals surface area contributed by atoms with E-state index in [1.165, 1.54) is 18.2 Å². The zero-order chi connectivity index (χ0) is 29.7. The van der Waals surface area contributed by atoms with Crippen molar-refractivity contribution in [1.82, 2.24) is 4.98 Å². The summed E-state index contributed by atoms with van der Waals surface area (Å²) in [4.78, 5) is 31.8. The summed E-state index contributed by atoms with van der Waals surface area (Å²) < 4.78 is 39.7. The lowest BCUT2D eigenvalue weighted by Gasteiger charge is -2.40. The fourth-order valence-electron chi connectivity index (χ4n) is 5.17. The molecular weight excluding hydrogens is 526 g/mol. The Balaban J connectivity index is 1.71. The van der Waals surface area contributed by atoms with Gasteiger partial charge < -0.3 is 14.4 Å². The summed E-state index contributed by atoms with van der Waals surface area (Å²) in [5.41, 5.74) is 4.17. The van der Waals surface area contributed by atoms with Crippen LogP contribution in [0.25, 0.3) is 11.1 Å². The first kappa shape index (κ1) is 30.2. The lowest BCUT2D eigenvalue weighted by molar-refractivity contribution is -0.146. The molecule has 218 valence electrons. The van der Waals surface area contributed by atoms with E-state index in [0.29, 0.717) is 35.1 Å². The number of hydrogen-bond acceptors (Lipinski definition) is 6. The molecule has 0 bridgehead atoms. The van der Waals surface area contributed by atoms with Gasteiger partial charge in [0.05, 0.1) is 24.8 Å². The van der Waals surface area contributed by atoms with E-state index < -0.39 is 5.82 Å². The van der Waals surface area contributed by atoms with Crippen LogP contribution in [0.4, 0.5) is 14.5 Å². The number of piperidine rings is 1. The Morgan fingerprint density at radius 3 is 2.39 bits per heavy atom. The van der Waals surface area contributed by atoms with Crippen LogP contribution in [0, 0.1) is 24.0 Å². The van der Waals surface area contributed by atoms with Crippen LogP contribution in [0.1, 0.15) is 67.8 Å². The van der Waals surface area contributed by atoms with Gasteiger partial charge in [-0.15, -0.1) is 0 Å². The van der Waals surface area contributed by atoms with Gasteiger partial charge in [0, 0.05) is 36.3 Å². The number of carbonyl (C=O) groups is 2. The van der Waals surface area contributed by atoms with Crippen molar-refractivity contribution < 1.29 is 27.8 Å². The van der Waals surface area contributed by atoms with Crippen molar-refractivity contribution in [2.45, 2.75) is 66.4 Å². The maximum atomic E-state index is 15.4. The van der Waals surface area contributed by atoms with Gasteiger partial charge in [0.2, 0.25) is 0 Å². The predicted octanol–water partition coefficient (Wildman–Crippen LogP) is 6.89. The maximum absolute atomic E-state index is 15.4. The molecule has 0 amide bonds. The summed E-state index contributed by atoms with van der Waals surface area (Å²) >= 11 is 0. The minimum atomic E-state index is -0.578. The second kappa shape index (κ2) is 12.8. The lowest BCUT2D eigenvalue weighted by atomic mass is 9.82. The van der Waals surface area contributed by atoms with Crippen LogP contribution in [0.5, 0.6) is 5.75 Å². The number of hydrogen-bond donors (Lipinski definition) is 0.